The number of carbonyl (C=O) groups is 1. The minimum atomic E-state index is -0.332. The number of likely N-dealkylation sites (tertiary alicyclic amines) is 1. The number of nitrogens with two attached hydrogens (primary N) is 1. The van der Waals surface area contributed by atoms with Gasteiger partial charge in [0, 0.05) is 37.7 Å². The molecule has 1 fully saturated rings. The second-order valence-electron chi connectivity index (χ2n) is 6.15. The van der Waals surface area contributed by atoms with E-state index in [0.717, 1.165) is 37.5 Å². The molecule has 4 N–H and O–H groups in total. The van der Waals surface area contributed by atoms with Crippen molar-refractivity contribution in [3.05, 3.63) is 34.6 Å². The van der Waals surface area contributed by atoms with E-state index >= 15 is 0 Å². The normalized spacial score (nSPS) is 16.0. The summed E-state index contributed by atoms with van der Waals surface area (Å²) in [7, 11) is 1.72. The number of guanidine groups is 1. The van der Waals surface area contributed by atoms with Crippen molar-refractivity contribution in [2.24, 2.45) is 10.7 Å². The zero-order valence-corrected chi connectivity index (χ0v) is 17.9. The number of amides is 1. The number of hydrogen-bond acceptors (Lipinski definition) is 3. The van der Waals surface area contributed by atoms with Gasteiger partial charge >= 0.3 is 0 Å². The quantitative estimate of drug-likeness (QED) is 0.318. The van der Waals surface area contributed by atoms with Gasteiger partial charge in [0.25, 0.3) is 0 Å². The van der Waals surface area contributed by atoms with Crippen LogP contribution >= 0.6 is 35.6 Å². The third-order valence-corrected chi connectivity index (χ3v) is 4.59. The van der Waals surface area contributed by atoms with Crippen LogP contribution in [0.3, 0.4) is 0 Å². The predicted molar refractivity (Wildman–Crippen MR) is 114 cm³/mol. The lowest BCUT2D eigenvalue weighted by atomic mass is 10.1. The molecule has 26 heavy (non-hydrogen) atoms. The molecule has 0 unspecified atom stereocenters. The van der Waals surface area contributed by atoms with E-state index in [1.807, 2.05) is 0 Å². The SMILES string of the molecule is CN=C(NCCc1ccc(F)cc1Cl)NC1CCN(CC(N)=O)CC1.I. The molecule has 1 amide bonds. The topological polar surface area (TPSA) is 82.8 Å². The van der Waals surface area contributed by atoms with Crippen LogP contribution in [0.2, 0.25) is 5.02 Å². The Morgan fingerprint density at radius 3 is 2.69 bits per heavy atom. The molecule has 1 aromatic rings. The lowest BCUT2D eigenvalue weighted by molar-refractivity contribution is -0.119. The van der Waals surface area contributed by atoms with Gasteiger partial charge in [0.15, 0.2) is 5.96 Å². The third-order valence-electron chi connectivity index (χ3n) is 4.23. The number of primary amides is 1. The number of halogens is 3. The highest BCUT2D eigenvalue weighted by molar-refractivity contribution is 14.0. The van der Waals surface area contributed by atoms with Gasteiger partial charge in [-0.05, 0) is 37.0 Å². The smallest absolute Gasteiger partial charge is 0.231 e. The average molecular weight is 498 g/mol. The number of benzene rings is 1. The number of piperidine rings is 1. The number of carbonyl (C=O) groups excluding carboxylic acids is 1. The summed E-state index contributed by atoms with van der Waals surface area (Å²) in [6.07, 6.45) is 2.53. The molecule has 0 aliphatic carbocycles. The minimum absolute atomic E-state index is 0. The van der Waals surface area contributed by atoms with Gasteiger partial charge in [0.2, 0.25) is 5.91 Å². The van der Waals surface area contributed by atoms with Gasteiger partial charge in [0.05, 0.1) is 6.54 Å². The summed E-state index contributed by atoms with van der Waals surface area (Å²) in [5, 5.41) is 7.08. The van der Waals surface area contributed by atoms with E-state index < -0.39 is 0 Å². The molecule has 1 aromatic carbocycles. The molecule has 9 heteroatoms. The zero-order chi connectivity index (χ0) is 18.2. The first kappa shape index (κ1) is 22.9. The zero-order valence-electron chi connectivity index (χ0n) is 14.8. The number of aliphatic imine (C=N–C) groups is 1. The van der Waals surface area contributed by atoms with Crippen LogP contribution in [0.5, 0.6) is 0 Å². The molecule has 1 saturated heterocycles. The van der Waals surface area contributed by atoms with E-state index in [4.69, 9.17) is 17.3 Å². The van der Waals surface area contributed by atoms with Crippen molar-refractivity contribution in [3.8, 4) is 0 Å². The summed E-state index contributed by atoms with van der Waals surface area (Å²) in [5.74, 6) is 0.108. The van der Waals surface area contributed by atoms with E-state index in [9.17, 15) is 9.18 Å². The van der Waals surface area contributed by atoms with Gasteiger partial charge in [-0.2, -0.15) is 0 Å². The molecule has 0 aromatic heterocycles. The van der Waals surface area contributed by atoms with Crippen LogP contribution in [-0.4, -0.2) is 56.0 Å². The van der Waals surface area contributed by atoms with E-state index in [-0.39, 0.29) is 35.7 Å². The van der Waals surface area contributed by atoms with Crippen molar-refractivity contribution >= 4 is 47.4 Å². The highest BCUT2D eigenvalue weighted by atomic mass is 127. The van der Waals surface area contributed by atoms with Crippen LogP contribution in [0.15, 0.2) is 23.2 Å². The lowest BCUT2D eigenvalue weighted by Gasteiger charge is -2.32. The second-order valence-corrected chi connectivity index (χ2v) is 6.55. The van der Waals surface area contributed by atoms with Gasteiger partial charge in [-0.1, -0.05) is 17.7 Å². The molecule has 0 atom stereocenters. The van der Waals surface area contributed by atoms with Gasteiger partial charge in [-0.3, -0.25) is 14.7 Å². The summed E-state index contributed by atoms with van der Waals surface area (Å²) >= 11 is 6.03. The highest BCUT2D eigenvalue weighted by Gasteiger charge is 2.20. The van der Waals surface area contributed by atoms with Crippen molar-refractivity contribution < 1.29 is 9.18 Å². The Morgan fingerprint density at radius 2 is 2.12 bits per heavy atom. The van der Waals surface area contributed by atoms with Gasteiger partial charge in [-0.15, -0.1) is 24.0 Å². The van der Waals surface area contributed by atoms with Crippen LogP contribution < -0.4 is 16.4 Å². The van der Waals surface area contributed by atoms with Gasteiger partial charge in [0.1, 0.15) is 5.82 Å². The summed E-state index contributed by atoms with van der Waals surface area (Å²) in [6.45, 7) is 2.63. The Balaban J connectivity index is 0.00000338. The van der Waals surface area contributed by atoms with Crippen molar-refractivity contribution in [1.29, 1.82) is 0 Å². The fourth-order valence-corrected chi connectivity index (χ4v) is 3.15. The second kappa shape index (κ2) is 11.6. The molecule has 0 radical (unpaired) electrons. The number of hydrogen-bond donors (Lipinski definition) is 3. The molecule has 0 saturated carbocycles. The largest absolute Gasteiger partial charge is 0.369 e. The molecule has 2 rings (SSSR count). The van der Waals surface area contributed by atoms with E-state index in [0.29, 0.717) is 30.6 Å². The maximum atomic E-state index is 13.1. The monoisotopic (exact) mass is 497 g/mol. The number of nitrogens with zero attached hydrogens (tertiary/aromatic N) is 2. The number of rotatable bonds is 6. The maximum Gasteiger partial charge on any atom is 0.231 e. The summed E-state index contributed by atoms with van der Waals surface area (Å²) in [4.78, 5) is 17.3. The van der Waals surface area contributed by atoms with Crippen molar-refractivity contribution in [2.75, 3.05) is 33.2 Å². The third kappa shape index (κ3) is 7.63. The Morgan fingerprint density at radius 1 is 1.42 bits per heavy atom. The Kier molecular flexibility index (Phi) is 10.2. The molecule has 146 valence electrons. The van der Waals surface area contributed by atoms with Crippen LogP contribution in [0.4, 0.5) is 4.39 Å². The van der Waals surface area contributed by atoms with Gasteiger partial charge < -0.3 is 16.4 Å². The summed E-state index contributed by atoms with van der Waals surface area (Å²) < 4.78 is 13.1. The molecule has 1 aliphatic heterocycles. The summed E-state index contributed by atoms with van der Waals surface area (Å²) in [6, 6.07) is 4.74. The first-order valence-corrected chi connectivity index (χ1v) is 8.77. The summed E-state index contributed by atoms with van der Waals surface area (Å²) in [5.41, 5.74) is 6.12. The minimum Gasteiger partial charge on any atom is -0.369 e. The number of nitrogens with one attached hydrogen (secondary N) is 2. The van der Waals surface area contributed by atoms with Crippen LogP contribution in [0.1, 0.15) is 18.4 Å². The van der Waals surface area contributed by atoms with Crippen molar-refractivity contribution in [2.45, 2.75) is 25.3 Å². The fourth-order valence-electron chi connectivity index (χ4n) is 2.88. The van der Waals surface area contributed by atoms with Gasteiger partial charge in [-0.25, -0.2) is 4.39 Å². The van der Waals surface area contributed by atoms with Crippen molar-refractivity contribution in [3.63, 3.8) is 0 Å². The van der Waals surface area contributed by atoms with Crippen LogP contribution in [-0.2, 0) is 11.2 Å². The Labute approximate surface area is 175 Å². The highest BCUT2D eigenvalue weighted by Crippen LogP contribution is 2.17. The predicted octanol–water partition coefficient (Wildman–Crippen LogP) is 1.75. The first-order valence-electron chi connectivity index (χ1n) is 8.39. The maximum absolute atomic E-state index is 13.1. The molecule has 1 heterocycles. The molecular weight excluding hydrogens is 472 g/mol. The van der Waals surface area contributed by atoms with E-state index in [1.165, 1.54) is 12.1 Å². The standard InChI is InChI=1S/C17H25ClFN5O.HI/c1-21-17(22-7-4-12-2-3-13(19)10-15(12)18)23-14-5-8-24(9-6-14)11-16(20)25;/h2-3,10,14H,4-9,11H2,1H3,(H2,20,25)(H2,21,22,23);1H. The van der Waals surface area contributed by atoms with E-state index in [2.05, 4.69) is 20.5 Å². The molecule has 6 nitrogen and oxygen atoms in total. The van der Waals surface area contributed by atoms with Crippen LogP contribution in [0, 0.1) is 5.82 Å². The molecular formula is C17H26ClFIN5O. The fraction of sp³-hybridized carbons (Fsp3) is 0.529. The van der Waals surface area contributed by atoms with E-state index in [1.54, 1.807) is 13.1 Å². The van der Waals surface area contributed by atoms with Crippen molar-refractivity contribution in [1.82, 2.24) is 15.5 Å². The first-order chi connectivity index (χ1) is 12.0. The molecule has 1 aliphatic rings. The molecule has 0 spiro atoms. The lowest BCUT2D eigenvalue weighted by Crippen LogP contribution is -2.50. The Hall–Kier alpha value is -1.13. The van der Waals surface area contributed by atoms with Crippen LogP contribution in [0.25, 0.3) is 0 Å². The molecule has 0 bridgehead atoms. The Bertz CT molecular complexity index is 623. The average Bonchev–Trinajstić information content (AvgIpc) is 2.57.